The smallest absolute Gasteiger partial charge is 0.234 e. The standard InChI is InChI=1S/C20H21N5O2S/c1-2-27-17-10-8-16(9-11-17)24-12-13-25-19(24)22-23-20(25)28-14-18(26)21-15-6-4-3-5-7-15/h3-11H,2,12-14H2,1H3,(H,21,26). The number of rotatable bonds is 7. The molecule has 0 spiro atoms. The summed E-state index contributed by atoms with van der Waals surface area (Å²) >= 11 is 1.40. The Bertz CT molecular complexity index is 943. The van der Waals surface area contributed by atoms with Gasteiger partial charge in [0, 0.05) is 24.5 Å². The van der Waals surface area contributed by atoms with Gasteiger partial charge in [-0.05, 0) is 43.3 Å². The van der Waals surface area contributed by atoms with Gasteiger partial charge in [-0.25, -0.2) is 0 Å². The summed E-state index contributed by atoms with van der Waals surface area (Å²) in [4.78, 5) is 14.3. The van der Waals surface area contributed by atoms with Crippen LogP contribution in [-0.2, 0) is 11.3 Å². The van der Waals surface area contributed by atoms with Crippen LogP contribution in [0.2, 0.25) is 0 Å². The molecule has 144 valence electrons. The van der Waals surface area contributed by atoms with E-state index in [1.807, 2.05) is 61.5 Å². The van der Waals surface area contributed by atoms with E-state index in [0.717, 1.165) is 41.3 Å². The number of amides is 1. The summed E-state index contributed by atoms with van der Waals surface area (Å²) in [5.74, 6) is 1.88. The first-order chi connectivity index (χ1) is 13.7. The molecule has 2 aromatic carbocycles. The van der Waals surface area contributed by atoms with E-state index in [4.69, 9.17) is 4.74 Å². The summed E-state index contributed by atoms with van der Waals surface area (Å²) in [5.41, 5.74) is 1.84. The molecule has 28 heavy (non-hydrogen) atoms. The Kier molecular flexibility index (Phi) is 5.48. The van der Waals surface area contributed by atoms with Gasteiger partial charge in [-0.15, -0.1) is 10.2 Å². The fourth-order valence-corrected chi connectivity index (χ4v) is 3.83. The first kappa shape index (κ1) is 18.4. The normalized spacial score (nSPS) is 12.7. The number of carbonyl (C=O) groups is 1. The Hall–Kier alpha value is -3.00. The lowest BCUT2D eigenvalue weighted by molar-refractivity contribution is -0.113. The number of nitrogens with one attached hydrogen (secondary N) is 1. The van der Waals surface area contributed by atoms with Crippen molar-refractivity contribution in [3.05, 3.63) is 54.6 Å². The first-order valence-corrected chi connectivity index (χ1v) is 10.1. The monoisotopic (exact) mass is 395 g/mol. The summed E-state index contributed by atoms with van der Waals surface area (Å²) in [6.45, 7) is 4.23. The number of benzene rings is 2. The second kappa shape index (κ2) is 8.35. The van der Waals surface area contributed by atoms with E-state index in [9.17, 15) is 4.79 Å². The van der Waals surface area contributed by atoms with Crippen molar-refractivity contribution in [1.82, 2.24) is 14.8 Å². The Morgan fingerprint density at radius 1 is 1.11 bits per heavy atom. The molecule has 0 unspecified atom stereocenters. The maximum absolute atomic E-state index is 12.2. The highest BCUT2D eigenvalue weighted by molar-refractivity contribution is 7.99. The molecule has 1 aliphatic rings. The molecule has 7 nitrogen and oxygen atoms in total. The van der Waals surface area contributed by atoms with Crippen LogP contribution in [0.1, 0.15) is 6.92 Å². The van der Waals surface area contributed by atoms with E-state index >= 15 is 0 Å². The summed E-state index contributed by atoms with van der Waals surface area (Å²) in [5, 5.41) is 12.2. The molecule has 1 N–H and O–H groups in total. The summed E-state index contributed by atoms with van der Waals surface area (Å²) in [6, 6.07) is 17.4. The van der Waals surface area contributed by atoms with Gasteiger partial charge in [0.25, 0.3) is 0 Å². The topological polar surface area (TPSA) is 72.3 Å². The van der Waals surface area contributed by atoms with Crippen LogP contribution in [0.3, 0.4) is 0 Å². The molecule has 0 fully saturated rings. The van der Waals surface area contributed by atoms with Gasteiger partial charge in [0.15, 0.2) is 5.16 Å². The molecule has 3 aromatic rings. The minimum atomic E-state index is -0.0603. The maximum atomic E-state index is 12.2. The molecule has 0 bridgehead atoms. The second-order valence-corrected chi connectivity index (χ2v) is 7.16. The third kappa shape index (κ3) is 3.96. The lowest BCUT2D eigenvalue weighted by Gasteiger charge is -2.15. The predicted molar refractivity (Wildman–Crippen MR) is 110 cm³/mol. The number of para-hydroxylation sites is 1. The number of anilines is 3. The highest BCUT2D eigenvalue weighted by Crippen LogP contribution is 2.32. The predicted octanol–water partition coefficient (Wildman–Crippen LogP) is 3.56. The lowest BCUT2D eigenvalue weighted by atomic mass is 10.3. The molecule has 0 atom stereocenters. The molecule has 4 rings (SSSR count). The maximum Gasteiger partial charge on any atom is 0.234 e. The third-order valence-corrected chi connectivity index (χ3v) is 5.30. The SMILES string of the molecule is CCOc1ccc(N2CCn3c(SCC(=O)Nc4ccccc4)nnc32)cc1. The molecular weight excluding hydrogens is 374 g/mol. The van der Waals surface area contributed by atoms with E-state index in [1.165, 1.54) is 11.8 Å². The quantitative estimate of drug-likeness (QED) is 0.617. The highest BCUT2D eigenvalue weighted by atomic mass is 32.2. The van der Waals surface area contributed by atoms with E-state index in [0.29, 0.717) is 6.61 Å². The van der Waals surface area contributed by atoms with Crippen molar-refractivity contribution in [2.24, 2.45) is 0 Å². The van der Waals surface area contributed by atoms with Crippen molar-refractivity contribution in [1.29, 1.82) is 0 Å². The molecular formula is C20H21N5O2S. The number of ether oxygens (including phenoxy) is 1. The zero-order valence-electron chi connectivity index (χ0n) is 15.5. The Labute approximate surface area is 167 Å². The van der Waals surface area contributed by atoms with Crippen LogP contribution < -0.4 is 15.0 Å². The minimum absolute atomic E-state index is 0.0603. The molecule has 1 aliphatic heterocycles. The van der Waals surface area contributed by atoms with Crippen LogP contribution in [0, 0.1) is 0 Å². The van der Waals surface area contributed by atoms with Gasteiger partial charge in [0.05, 0.1) is 12.4 Å². The van der Waals surface area contributed by atoms with Crippen molar-refractivity contribution < 1.29 is 9.53 Å². The fraction of sp³-hybridized carbons (Fsp3) is 0.250. The van der Waals surface area contributed by atoms with Crippen molar-refractivity contribution in [3.8, 4) is 5.75 Å². The molecule has 1 amide bonds. The average Bonchev–Trinajstić information content (AvgIpc) is 3.30. The van der Waals surface area contributed by atoms with Gasteiger partial charge >= 0.3 is 0 Å². The summed E-state index contributed by atoms with van der Waals surface area (Å²) in [6.07, 6.45) is 0. The lowest BCUT2D eigenvalue weighted by Crippen LogP contribution is -2.14. The summed E-state index contributed by atoms with van der Waals surface area (Å²) in [7, 11) is 0. The van der Waals surface area contributed by atoms with Gasteiger partial charge in [0.2, 0.25) is 11.9 Å². The molecule has 8 heteroatoms. The molecule has 0 aliphatic carbocycles. The Balaban J connectivity index is 1.39. The Morgan fingerprint density at radius 2 is 1.89 bits per heavy atom. The van der Waals surface area contributed by atoms with Crippen molar-refractivity contribution in [2.45, 2.75) is 18.6 Å². The molecule has 0 saturated heterocycles. The third-order valence-electron chi connectivity index (χ3n) is 4.34. The van der Waals surface area contributed by atoms with Crippen LogP contribution >= 0.6 is 11.8 Å². The average molecular weight is 395 g/mol. The largest absolute Gasteiger partial charge is 0.494 e. The van der Waals surface area contributed by atoms with Gasteiger partial charge in [0.1, 0.15) is 5.75 Å². The number of hydrogen-bond donors (Lipinski definition) is 1. The Morgan fingerprint density at radius 3 is 2.64 bits per heavy atom. The second-order valence-electron chi connectivity index (χ2n) is 6.22. The highest BCUT2D eigenvalue weighted by Gasteiger charge is 2.26. The minimum Gasteiger partial charge on any atom is -0.494 e. The fourth-order valence-electron chi connectivity index (χ4n) is 3.07. The van der Waals surface area contributed by atoms with Gasteiger partial charge in [-0.1, -0.05) is 30.0 Å². The number of aromatic nitrogens is 3. The van der Waals surface area contributed by atoms with Crippen LogP contribution in [0.5, 0.6) is 5.75 Å². The van der Waals surface area contributed by atoms with Crippen LogP contribution in [0.15, 0.2) is 59.8 Å². The van der Waals surface area contributed by atoms with E-state index in [1.54, 1.807) is 0 Å². The first-order valence-electron chi connectivity index (χ1n) is 9.16. The molecule has 0 radical (unpaired) electrons. The zero-order chi connectivity index (χ0) is 19.3. The molecule has 0 saturated carbocycles. The number of carbonyl (C=O) groups excluding carboxylic acids is 1. The van der Waals surface area contributed by atoms with Crippen molar-refractivity contribution >= 4 is 35.0 Å². The van der Waals surface area contributed by atoms with Crippen LogP contribution in [-0.4, -0.2) is 39.6 Å². The van der Waals surface area contributed by atoms with Crippen LogP contribution in [0.25, 0.3) is 0 Å². The van der Waals surface area contributed by atoms with Gasteiger partial charge < -0.3 is 15.0 Å². The van der Waals surface area contributed by atoms with E-state index < -0.39 is 0 Å². The number of hydrogen-bond acceptors (Lipinski definition) is 6. The molecule has 1 aromatic heterocycles. The van der Waals surface area contributed by atoms with Crippen molar-refractivity contribution in [2.75, 3.05) is 29.1 Å². The zero-order valence-corrected chi connectivity index (χ0v) is 16.4. The summed E-state index contributed by atoms with van der Waals surface area (Å²) < 4.78 is 7.55. The van der Waals surface area contributed by atoms with Gasteiger partial charge in [-0.3, -0.25) is 9.36 Å². The number of fused-ring (bicyclic) bond motifs is 1. The molecule has 2 heterocycles. The number of nitrogens with zero attached hydrogens (tertiary/aromatic N) is 4. The van der Waals surface area contributed by atoms with E-state index in [-0.39, 0.29) is 11.7 Å². The van der Waals surface area contributed by atoms with Gasteiger partial charge in [-0.2, -0.15) is 0 Å². The van der Waals surface area contributed by atoms with Crippen LogP contribution in [0.4, 0.5) is 17.3 Å². The van der Waals surface area contributed by atoms with E-state index in [2.05, 4.69) is 25.0 Å². The van der Waals surface area contributed by atoms with Crippen molar-refractivity contribution in [3.63, 3.8) is 0 Å². The number of thioether (sulfide) groups is 1.